The van der Waals surface area contributed by atoms with Gasteiger partial charge in [-0.15, -0.1) is 0 Å². The van der Waals surface area contributed by atoms with E-state index in [-0.39, 0.29) is 5.91 Å². The van der Waals surface area contributed by atoms with Crippen molar-refractivity contribution in [2.45, 2.75) is 6.42 Å². The van der Waals surface area contributed by atoms with Crippen LogP contribution in [-0.4, -0.2) is 44.0 Å². The third-order valence-electron chi connectivity index (χ3n) is 3.18. The topological polar surface area (TPSA) is 49.6 Å². The number of hydrogen-bond acceptors (Lipinski definition) is 3. The zero-order valence-corrected chi connectivity index (χ0v) is 10.2. The molecule has 92 valence electrons. The maximum atomic E-state index is 10.8. The second-order valence-electron chi connectivity index (χ2n) is 4.60. The normalized spacial score (nSPS) is 17.1. The van der Waals surface area contributed by atoms with Crippen LogP contribution >= 0.6 is 0 Å². The van der Waals surface area contributed by atoms with Crippen molar-refractivity contribution < 1.29 is 4.79 Å². The Balaban J connectivity index is 2.00. The van der Waals surface area contributed by atoms with Crippen molar-refractivity contribution in [2.75, 3.05) is 38.1 Å². The number of carbonyl (C=O) groups excluding carboxylic acids is 1. The second-order valence-corrected chi connectivity index (χ2v) is 4.60. The van der Waals surface area contributed by atoms with Crippen LogP contribution < -0.4 is 10.6 Å². The number of likely N-dealkylation sites (N-methyl/N-ethyl adjacent to an activating group) is 1. The Kier molecular flexibility index (Phi) is 3.64. The van der Waals surface area contributed by atoms with Gasteiger partial charge < -0.3 is 15.5 Å². The Morgan fingerprint density at radius 2 is 1.76 bits per heavy atom. The first-order valence-electron chi connectivity index (χ1n) is 5.96. The van der Waals surface area contributed by atoms with Crippen molar-refractivity contribution >= 4 is 11.6 Å². The summed E-state index contributed by atoms with van der Waals surface area (Å²) in [5.41, 5.74) is 7.38. The van der Waals surface area contributed by atoms with Crippen LogP contribution in [0.5, 0.6) is 0 Å². The predicted molar refractivity (Wildman–Crippen MR) is 69.1 cm³/mol. The van der Waals surface area contributed by atoms with Gasteiger partial charge in [0, 0.05) is 31.9 Å². The molecule has 0 radical (unpaired) electrons. The molecule has 0 unspecified atom stereocenters. The molecule has 4 heteroatoms. The first-order valence-corrected chi connectivity index (χ1v) is 5.96. The molecule has 0 saturated carbocycles. The van der Waals surface area contributed by atoms with Crippen LogP contribution in [0.1, 0.15) is 5.56 Å². The van der Waals surface area contributed by atoms with Crippen LogP contribution in [0.15, 0.2) is 24.3 Å². The first kappa shape index (κ1) is 11.9. The molecule has 1 amide bonds. The fraction of sp³-hybridized carbons (Fsp3) is 0.462. The smallest absolute Gasteiger partial charge is 0.221 e. The van der Waals surface area contributed by atoms with Gasteiger partial charge in [-0.05, 0) is 24.7 Å². The van der Waals surface area contributed by atoms with E-state index in [1.165, 1.54) is 5.69 Å². The summed E-state index contributed by atoms with van der Waals surface area (Å²) >= 11 is 0. The molecule has 2 N–H and O–H groups in total. The third kappa shape index (κ3) is 3.20. The molecule has 1 fully saturated rings. The lowest BCUT2D eigenvalue weighted by atomic mass is 10.1. The fourth-order valence-corrected chi connectivity index (χ4v) is 2.09. The Morgan fingerprint density at radius 3 is 2.29 bits per heavy atom. The summed E-state index contributed by atoms with van der Waals surface area (Å²) < 4.78 is 0. The van der Waals surface area contributed by atoms with Gasteiger partial charge >= 0.3 is 0 Å². The Labute approximate surface area is 102 Å². The van der Waals surface area contributed by atoms with E-state index in [0.717, 1.165) is 31.7 Å². The molecular formula is C13H19N3O. The van der Waals surface area contributed by atoms with Crippen molar-refractivity contribution in [3.63, 3.8) is 0 Å². The highest BCUT2D eigenvalue weighted by Crippen LogP contribution is 2.17. The molecule has 0 aliphatic carbocycles. The lowest BCUT2D eigenvalue weighted by Crippen LogP contribution is -2.44. The summed E-state index contributed by atoms with van der Waals surface area (Å²) in [5, 5.41) is 0. The van der Waals surface area contributed by atoms with Crippen LogP contribution in [0.25, 0.3) is 0 Å². The second kappa shape index (κ2) is 5.19. The SMILES string of the molecule is CN1CCN(c2ccc(CC(N)=O)cc2)CC1. The molecule has 1 aliphatic heterocycles. The van der Waals surface area contributed by atoms with E-state index in [1.54, 1.807) is 0 Å². The zero-order chi connectivity index (χ0) is 12.3. The summed E-state index contributed by atoms with van der Waals surface area (Å²) in [6, 6.07) is 8.12. The molecular weight excluding hydrogens is 214 g/mol. The van der Waals surface area contributed by atoms with E-state index in [1.807, 2.05) is 12.1 Å². The highest BCUT2D eigenvalue weighted by Gasteiger charge is 2.13. The van der Waals surface area contributed by atoms with Crippen LogP contribution in [0.4, 0.5) is 5.69 Å². The van der Waals surface area contributed by atoms with E-state index in [4.69, 9.17) is 5.73 Å². The van der Waals surface area contributed by atoms with E-state index in [9.17, 15) is 4.79 Å². The minimum absolute atomic E-state index is 0.280. The quantitative estimate of drug-likeness (QED) is 0.825. The van der Waals surface area contributed by atoms with Crippen molar-refractivity contribution in [3.8, 4) is 0 Å². The lowest BCUT2D eigenvalue weighted by Gasteiger charge is -2.34. The molecule has 2 rings (SSSR count). The van der Waals surface area contributed by atoms with Crippen molar-refractivity contribution in [1.82, 2.24) is 4.90 Å². The molecule has 1 aromatic rings. The van der Waals surface area contributed by atoms with Crippen LogP contribution in [0.2, 0.25) is 0 Å². The average molecular weight is 233 g/mol. The number of nitrogens with two attached hydrogens (primary N) is 1. The number of anilines is 1. The molecule has 0 atom stereocenters. The number of primary amides is 1. The average Bonchev–Trinajstić information content (AvgIpc) is 2.30. The molecule has 1 aromatic carbocycles. The molecule has 1 saturated heterocycles. The summed E-state index contributed by atoms with van der Waals surface area (Å²) in [7, 11) is 2.15. The Morgan fingerprint density at radius 1 is 1.18 bits per heavy atom. The van der Waals surface area contributed by atoms with Gasteiger partial charge in [-0.1, -0.05) is 12.1 Å². The van der Waals surface area contributed by atoms with E-state index < -0.39 is 0 Å². The minimum Gasteiger partial charge on any atom is -0.369 e. The maximum Gasteiger partial charge on any atom is 0.221 e. The standard InChI is InChI=1S/C13H19N3O/c1-15-6-8-16(9-7-15)12-4-2-11(3-5-12)10-13(14)17/h2-5H,6-10H2,1H3,(H2,14,17). The number of nitrogens with zero attached hydrogens (tertiary/aromatic N) is 2. The highest BCUT2D eigenvalue weighted by molar-refractivity contribution is 5.76. The van der Waals surface area contributed by atoms with E-state index in [2.05, 4.69) is 29.0 Å². The van der Waals surface area contributed by atoms with E-state index >= 15 is 0 Å². The largest absolute Gasteiger partial charge is 0.369 e. The number of piperazine rings is 1. The summed E-state index contributed by atoms with van der Waals surface area (Å²) in [5.74, 6) is -0.280. The molecule has 1 heterocycles. The van der Waals surface area contributed by atoms with Gasteiger partial charge in [-0.25, -0.2) is 0 Å². The fourth-order valence-electron chi connectivity index (χ4n) is 2.09. The lowest BCUT2D eigenvalue weighted by molar-refractivity contribution is -0.117. The maximum absolute atomic E-state index is 10.8. The van der Waals surface area contributed by atoms with Gasteiger partial charge in [0.2, 0.25) is 5.91 Å². The Hall–Kier alpha value is -1.55. The molecule has 0 bridgehead atoms. The van der Waals surface area contributed by atoms with Gasteiger partial charge in [0.15, 0.2) is 0 Å². The van der Waals surface area contributed by atoms with Crippen molar-refractivity contribution in [1.29, 1.82) is 0 Å². The van der Waals surface area contributed by atoms with Gasteiger partial charge in [-0.3, -0.25) is 4.79 Å². The van der Waals surface area contributed by atoms with Crippen molar-refractivity contribution in [3.05, 3.63) is 29.8 Å². The number of carbonyl (C=O) groups is 1. The van der Waals surface area contributed by atoms with Crippen molar-refractivity contribution in [2.24, 2.45) is 5.73 Å². The van der Waals surface area contributed by atoms with Gasteiger partial charge in [0.05, 0.1) is 6.42 Å². The number of hydrogen-bond donors (Lipinski definition) is 1. The predicted octanol–water partition coefficient (Wildman–Crippen LogP) is 0.466. The zero-order valence-electron chi connectivity index (χ0n) is 10.2. The molecule has 0 spiro atoms. The van der Waals surface area contributed by atoms with Gasteiger partial charge in [0.1, 0.15) is 0 Å². The minimum atomic E-state index is -0.280. The summed E-state index contributed by atoms with van der Waals surface area (Å²) in [6.45, 7) is 4.32. The number of rotatable bonds is 3. The van der Waals surface area contributed by atoms with Gasteiger partial charge in [0.25, 0.3) is 0 Å². The molecule has 0 aromatic heterocycles. The van der Waals surface area contributed by atoms with Crippen LogP contribution in [0, 0.1) is 0 Å². The summed E-state index contributed by atoms with van der Waals surface area (Å²) in [6.07, 6.45) is 0.322. The monoisotopic (exact) mass is 233 g/mol. The summed E-state index contributed by atoms with van der Waals surface area (Å²) in [4.78, 5) is 15.5. The van der Waals surface area contributed by atoms with E-state index in [0.29, 0.717) is 6.42 Å². The van der Waals surface area contributed by atoms with Crippen LogP contribution in [0.3, 0.4) is 0 Å². The highest BCUT2D eigenvalue weighted by atomic mass is 16.1. The number of amides is 1. The first-order chi connectivity index (χ1) is 8.15. The molecule has 1 aliphatic rings. The number of benzene rings is 1. The van der Waals surface area contributed by atoms with Crippen LogP contribution in [-0.2, 0) is 11.2 Å². The third-order valence-corrected chi connectivity index (χ3v) is 3.18. The molecule has 17 heavy (non-hydrogen) atoms. The van der Waals surface area contributed by atoms with Gasteiger partial charge in [-0.2, -0.15) is 0 Å². The molecule has 4 nitrogen and oxygen atoms in total. The Bertz CT molecular complexity index is 380.